The Kier molecular flexibility index (Phi) is 17.6. The Morgan fingerprint density at radius 3 is 2.22 bits per heavy atom. The molecule has 7 nitrogen and oxygen atoms in total. The SMILES string of the molecule is CCCCC[C@@H](C[C@H](CC[C@@H](C)C(N)=O)OC(=O)[C@@H](OC(=O)CC/C=C/I)C(C)C)OC. The van der Waals surface area contributed by atoms with Gasteiger partial charge in [0.05, 0.1) is 6.10 Å². The Morgan fingerprint density at radius 1 is 1.00 bits per heavy atom. The molecule has 0 aromatic heterocycles. The van der Waals surface area contributed by atoms with Crippen LogP contribution in [0.2, 0.25) is 0 Å². The van der Waals surface area contributed by atoms with Crippen LogP contribution in [0.4, 0.5) is 0 Å². The average Bonchev–Trinajstić information content (AvgIpc) is 2.74. The molecule has 0 radical (unpaired) electrons. The topological polar surface area (TPSA) is 105 Å². The number of esters is 2. The van der Waals surface area contributed by atoms with E-state index in [0.29, 0.717) is 25.7 Å². The van der Waals surface area contributed by atoms with Crippen LogP contribution < -0.4 is 5.73 Å². The molecule has 0 fully saturated rings. The summed E-state index contributed by atoms with van der Waals surface area (Å²) in [6.45, 7) is 7.54. The summed E-state index contributed by atoms with van der Waals surface area (Å²) < 4.78 is 18.7. The highest BCUT2D eigenvalue weighted by molar-refractivity contribution is 14.1. The molecule has 0 heterocycles. The number of rotatable bonds is 18. The number of allylic oxidation sites excluding steroid dienone is 1. The second-order valence-electron chi connectivity index (χ2n) is 8.58. The third kappa shape index (κ3) is 14.1. The van der Waals surface area contributed by atoms with Crippen LogP contribution in [-0.2, 0) is 28.6 Å². The number of halogens is 1. The summed E-state index contributed by atoms with van der Waals surface area (Å²) in [4.78, 5) is 36.5. The van der Waals surface area contributed by atoms with Gasteiger partial charge >= 0.3 is 11.9 Å². The van der Waals surface area contributed by atoms with Crippen molar-refractivity contribution in [3.63, 3.8) is 0 Å². The fourth-order valence-corrected chi connectivity index (χ4v) is 3.56. The molecule has 2 N–H and O–H groups in total. The van der Waals surface area contributed by atoms with Crippen LogP contribution in [0, 0.1) is 11.8 Å². The third-order valence-corrected chi connectivity index (χ3v) is 5.89. The van der Waals surface area contributed by atoms with Crippen molar-refractivity contribution < 1.29 is 28.6 Å². The maximum atomic E-state index is 12.9. The highest BCUT2D eigenvalue weighted by Gasteiger charge is 2.31. The zero-order valence-electron chi connectivity index (χ0n) is 20.3. The van der Waals surface area contributed by atoms with Crippen molar-refractivity contribution in [2.45, 2.75) is 104 Å². The molecule has 0 aliphatic heterocycles. The molecule has 0 spiro atoms. The van der Waals surface area contributed by atoms with Crippen molar-refractivity contribution in [3.05, 3.63) is 10.2 Å². The van der Waals surface area contributed by atoms with Crippen molar-refractivity contribution in [2.24, 2.45) is 17.6 Å². The summed E-state index contributed by atoms with van der Waals surface area (Å²) in [5.41, 5.74) is 5.39. The van der Waals surface area contributed by atoms with Gasteiger partial charge in [0.25, 0.3) is 0 Å². The minimum absolute atomic E-state index is 0.0525. The monoisotopic (exact) mass is 567 g/mol. The van der Waals surface area contributed by atoms with E-state index in [9.17, 15) is 14.4 Å². The van der Waals surface area contributed by atoms with Gasteiger partial charge in [0.2, 0.25) is 12.0 Å². The van der Waals surface area contributed by atoms with E-state index in [1.165, 1.54) is 0 Å². The van der Waals surface area contributed by atoms with E-state index in [-0.39, 0.29) is 30.3 Å². The number of primary amides is 1. The first kappa shape index (κ1) is 30.8. The molecule has 0 saturated heterocycles. The van der Waals surface area contributed by atoms with E-state index in [0.717, 1.165) is 25.7 Å². The zero-order chi connectivity index (χ0) is 24.5. The number of unbranched alkanes of at least 4 members (excludes halogenated alkanes) is 2. The summed E-state index contributed by atoms with van der Waals surface area (Å²) in [5, 5.41) is 0. The molecule has 0 unspecified atom stereocenters. The van der Waals surface area contributed by atoms with Gasteiger partial charge in [-0.2, -0.15) is 0 Å². The second kappa shape index (κ2) is 18.3. The minimum atomic E-state index is -0.969. The summed E-state index contributed by atoms with van der Waals surface area (Å²) in [5.74, 6) is -1.90. The fourth-order valence-electron chi connectivity index (χ4n) is 3.20. The van der Waals surface area contributed by atoms with Crippen molar-refractivity contribution >= 4 is 40.4 Å². The van der Waals surface area contributed by atoms with Crippen molar-refractivity contribution in [1.82, 2.24) is 0 Å². The lowest BCUT2D eigenvalue weighted by molar-refractivity contribution is -0.176. The lowest BCUT2D eigenvalue weighted by Gasteiger charge is -2.27. The highest BCUT2D eigenvalue weighted by Crippen LogP contribution is 2.21. The summed E-state index contributed by atoms with van der Waals surface area (Å²) >= 11 is 2.09. The highest BCUT2D eigenvalue weighted by atomic mass is 127. The molecule has 1 amide bonds. The molecule has 0 rings (SSSR count). The van der Waals surface area contributed by atoms with Crippen molar-refractivity contribution in [1.29, 1.82) is 0 Å². The Morgan fingerprint density at radius 2 is 1.69 bits per heavy atom. The van der Waals surface area contributed by atoms with Gasteiger partial charge in [-0.05, 0) is 29.8 Å². The minimum Gasteiger partial charge on any atom is -0.460 e. The smallest absolute Gasteiger partial charge is 0.347 e. The van der Waals surface area contributed by atoms with Crippen molar-refractivity contribution in [3.8, 4) is 0 Å². The predicted molar refractivity (Wildman–Crippen MR) is 134 cm³/mol. The predicted octanol–water partition coefficient (Wildman–Crippen LogP) is 5.08. The summed E-state index contributed by atoms with van der Waals surface area (Å²) in [6, 6.07) is 0. The Bertz CT molecular complexity index is 581. The normalized spacial score (nSPS) is 15.3. The molecule has 0 saturated carbocycles. The Hall–Kier alpha value is -1.16. The second-order valence-corrected chi connectivity index (χ2v) is 9.30. The van der Waals surface area contributed by atoms with Gasteiger partial charge in [-0.3, -0.25) is 9.59 Å². The summed E-state index contributed by atoms with van der Waals surface area (Å²) in [7, 11) is 1.66. The number of hydrogen-bond acceptors (Lipinski definition) is 6. The number of methoxy groups -OCH3 is 1. The maximum Gasteiger partial charge on any atom is 0.347 e. The molecule has 186 valence electrons. The first-order valence-corrected chi connectivity index (χ1v) is 12.9. The largest absolute Gasteiger partial charge is 0.460 e. The fraction of sp³-hybridized carbons (Fsp3) is 0.792. The van der Waals surface area contributed by atoms with Gasteiger partial charge in [-0.1, -0.05) is 75.6 Å². The molecule has 8 heteroatoms. The molecular formula is C24H42INO6. The van der Waals surface area contributed by atoms with Crippen LogP contribution in [0.3, 0.4) is 0 Å². The number of ether oxygens (including phenoxy) is 3. The molecule has 0 bridgehead atoms. The van der Waals surface area contributed by atoms with Crippen LogP contribution in [0.25, 0.3) is 0 Å². The number of amides is 1. The van der Waals surface area contributed by atoms with Gasteiger partial charge in [0.15, 0.2) is 0 Å². The van der Waals surface area contributed by atoms with E-state index in [4.69, 9.17) is 19.9 Å². The van der Waals surface area contributed by atoms with Crippen LogP contribution in [-0.4, -0.2) is 43.3 Å². The Balaban J connectivity index is 5.19. The van der Waals surface area contributed by atoms with Gasteiger partial charge < -0.3 is 19.9 Å². The third-order valence-electron chi connectivity index (χ3n) is 5.38. The van der Waals surface area contributed by atoms with Crippen LogP contribution >= 0.6 is 22.6 Å². The first-order chi connectivity index (χ1) is 15.2. The first-order valence-electron chi connectivity index (χ1n) is 11.6. The summed E-state index contributed by atoms with van der Waals surface area (Å²) in [6.07, 6.45) is 6.81. The lowest BCUT2D eigenvalue weighted by atomic mass is 9.97. The standard InChI is InChI=1S/C24H42INO6/c1-6-7-8-11-19(30-5)16-20(14-13-18(4)23(26)28)31-24(29)22(17(2)3)32-21(27)12-9-10-15-25/h10,15,17-20,22H,6-9,11-14,16H2,1-5H3,(H2,26,28)/b15-10+/t18-,19+,20+,22+/m1/s1. The maximum absolute atomic E-state index is 12.9. The molecular weight excluding hydrogens is 525 g/mol. The average molecular weight is 568 g/mol. The number of carbonyl (C=O) groups is 3. The van der Waals surface area contributed by atoms with E-state index in [2.05, 4.69) is 29.5 Å². The van der Waals surface area contributed by atoms with Gasteiger partial charge in [-0.25, -0.2) is 4.79 Å². The van der Waals surface area contributed by atoms with E-state index < -0.39 is 24.1 Å². The molecule has 0 aromatic rings. The van der Waals surface area contributed by atoms with Crippen LogP contribution in [0.5, 0.6) is 0 Å². The van der Waals surface area contributed by atoms with Crippen molar-refractivity contribution in [2.75, 3.05) is 7.11 Å². The quantitative estimate of drug-likeness (QED) is 0.141. The van der Waals surface area contributed by atoms with E-state index >= 15 is 0 Å². The molecule has 0 aromatic carbocycles. The van der Waals surface area contributed by atoms with Crippen LogP contribution in [0.15, 0.2) is 10.2 Å². The lowest BCUT2D eigenvalue weighted by Crippen LogP contribution is -2.37. The molecule has 0 aliphatic carbocycles. The Labute approximate surface area is 207 Å². The van der Waals surface area contributed by atoms with E-state index in [1.54, 1.807) is 14.0 Å². The van der Waals surface area contributed by atoms with Gasteiger partial charge in [-0.15, -0.1) is 0 Å². The van der Waals surface area contributed by atoms with E-state index in [1.807, 2.05) is 24.0 Å². The molecule has 4 atom stereocenters. The van der Waals surface area contributed by atoms with Gasteiger partial charge in [0.1, 0.15) is 6.10 Å². The van der Waals surface area contributed by atoms with Gasteiger partial charge in [0, 0.05) is 31.8 Å². The molecule has 32 heavy (non-hydrogen) atoms. The number of carbonyl (C=O) groups excluding carboxylic acids is 3. The zero-order valence-corrected chi connectivity index (χ0v) is 22.5. The van der Waals surface area contributed by atoms with Crippen LogP contribution in [0.1, 0.15) is 85.5 Å². The number of hydrogen-bond donors (Lipinski definition) is 1. The molecule has 0 aliphatic rings. The number of nitrogens with two attached hydrogens (primary N) is 1.